The summed E-state index contributed by atoms with van der Waals surface area (Å²) >= 11 is 0. The SMILES string of the molecule is CC(C#N)c1ccccc1C#N. The zero-order valence-corrected chi connectivity index (χ0v) is 6.78. The van der Waals surface area contributed by atoms with E-state index in [1.54, 1.807) is 19.1 Å². The van der Waals surface area contributed by atoms with E-state index in [0.717, 1.165) is 5.56 Å². The van der Waals surface area contributed by atoms with Crippen molar-refractivity contribution < 1.29 is 0 Å². The van der Waals surface area contributed by atoms with Crippen molar-refractivity contribution in [3.8, 4) is 12.1 Å². The van der Waals surface area contributed by atoms with Gasteiger partial charge < -0.3 is 0 Å². The van der Waals surface area contributed by atoms with Gasteiger partial charge in [0.2, 0.25) is 0 Å². The highest BCUT2D eigenvalue weighted by atomic mass is 14.3. The Kier molecular flexibility index (Phi) is 2.46. The molecule has 1 atom stereocenters. The van der Waals surface area contributed by atoms with E-state index in [2.05, 4.69) is 12.1 Å². The largest absolute Gasteiger partial charge is 0.198 e. The number of benzene rings is 1. The minimum Gasteiger partial charge on any atom is -0.198 e. The third-order valence-corrected chi connectivity index (χ3v) is 1.74. The second kappa shape index (κ2) is 3.55. The van der Waals surface area contributed by atoms with Crippen molar-refractivity contribution in [1.82, 2.24) is 0 Å². The van der Waals surface area contributed by atoms with Crippen LogP contribution in [0.3, 0.4) is 0 Å². The van der Waals surface area contributed by atoms with Crippen LogP contribution < -0.4 is 0 Å². The predicted molar refractivity (Wildman–Crippen MR) is 45.2 cm³/mol. The second-order valence-corrected chi connectivity index (χ2v) is 2.55. The Bertz CT molecular complexity index is 355. The van der Waals surface area contributed by atoms with Crippen LogP contribution in [0.1, 0.15) is 24.0 Å². The highest BCUT2D eigenvalue weighted by Crippen LogP contribution is 2.17. The van der Waals surface area contributed by atoms with Gasteiger partial charge in [-0.25, -0.2) is 0 Å². The number of nitriles is 2. The van der Waals surface area contributed by atoms with Crippen LogP contribution in [-0.4, -0.2) is 0 Å². The fourth-order valence-electron chi connectivity index (χ4n) is 1.05. The van der Waals surface area contributed by atoms with E-state index in [1.165, 1.54) is 0 Å². The van der Waals surface area contributed by atoms with Crippen LogP contribution in [0.25, 0.3) is 0 Å². The molecule has 1 rings (SSSR count). The van der Waals surface area contributed by atoms with Gasteiger partial charge >= 0.3 is 0 Å². The lowest BCUT2D eigenvalue weighted by Crippen LogP contribution is -1.92. The Balaban J connectivity index is 3.18. The van der Waals surface area contributed by atoms with Gasteiger partial charge in [-0.05, 0) is 18.6 Å². The molecule has 2 heteroatoms. The van der Waals surface area contributed by atoms with Crippen molar-refractivity contribution in [3.63, 3.8) is 0 Å². The minimum atomic E-state index is -0.208. The van der Waals surface area contributed by atoms with Crippen molar-refractivity contribution in [1.29, 1.82) is 10.5 Å². The summed E-state index contributed by atoms with van der Waals surface area (Å²) < 4.78 is 0. The predicted octanol–water partition coefficient (Wildman–Crippen LogP) is 2.19. The summed E-state index contributed by atoms with van der Waals surface area (Å²) in [4.78, 5) is 0. The number of hydrogen-bond acceptors (Lipinski definition) is 2. The number of hydrogen-bond donors (Lipinski definition) is 0. The maximum absolute atomic E-state index is 8.70. The first-order valence-corrected chi connectivity index (χ1v) is 3.68. The molecule has 0 aliphatic rings. The van der Waals surface area contributed by atoms with Crippen molar-refractivity contribution >= 4 is 0 Å². The van der Waals surface area contributed by atoms with Gasteiger partial charge in [-0.3, -0.25) is 0 Å². The first-order chi connectivity index (χ1) is 5.79. The molecule has 0 aliphatic carbocycles. The maximum atomic E-state index is 8.70. The van der Waals surface area contributed by atoms with Gasteiger partial charge in [-0.2, -0.15) is 10.5 Å². The molecule has 0 heterocycles. The molecule has 1 aromatic carbocycles. The van der Waals surface area contributed by atoms with Gasteiger partial charge in [0.05, 0.1) is 23.6 Å². The average Bonchev–Trinajstić information content (AvgIpc) is 2.16. The highest BCUT2D eigenvalue weighted by molar-refractivity contribution is 5.41. The van der Waals surface area contributed by atoms with E-state index in [1.807, 2.05) is 12.1 Å². The van der Waals surface area contributed by atoms with Gasteiger partial charge in [0.25, 0.3) is 0 Å². The molecule has 1 unspecified atom stereocenters. The summed E-state index contributed by atoms with van der Waals surface area (Å²) in [6, 6.07) is 11.3. The summed E-state index contributed by atoms with van der Waals surface area (Å²) in [6.07, 6.45) is 0. The molecule has 0 saturated heterocycles. The fourth-order valence-corrected chi connectivity index (χ4v) is 1.05. The maximum Gasteiger partial charge on any atom is 0.0994 e. The van der Waals surface area contributed by atoms with Gasteiger partial charge in [-0.1, -0.05) is 18.2 Å². The molecule has 0 N–H and O–H groups in total. The topological polar surface area (TPSA) is 47.6 Å². The summed E-state index contributed by atoms with van der Waals surface area (Å²) in [7, 11) is 0. The molecule has 0 fully saturated rings. The zero-order valence-electron chi connectivity index (χ0n) is 6.78. The van der Waals surface area contributed by atoms with E-state index in [4.69, 9.17) is 10.5 Å². The lowest BCUT2D eigenvalue weighted by atomic mass is 9.98. The molecule has 2 nitrogen and oxygen atoms in total. The molecule has 0 saturated carbocycles. The highest BCUT2D eigenvalue weighted by Gasteiger charge is 2.07. The minimum absolute atomic E-state index is 0.208. The van der Waals surface area contributed by atoms with Gasteiger partial charge in [0.15, 0.2) is 0 Å². The molecule has 1 aromatic rings. The van der Waals surface area contributed by atoms with Crippen LogP contribution in [-0.2, 0) is 0 Å². The molecule has 0 spiro atoms. The Morgan fingerprint density at radius 1 is 1.25 bits per heavy atom. The first kappa shape index (κ1) is 8.30. The van der Waals surface area contributed by atoms with E-state index < -0.39 is 0 Å². The summed E-state index contributed by atoms with van der Waals surface area (Å²) in [5.41, 5.74) is 1.40. The van der Waals surface area contributed by atoms with Gasteiger partial charge in [-0.15, -0.1) is 0 Å². The van der Waals surface area contributed by atoms with Crippen molar-refractivity contribution in [3.05, 3.63) is 35.4 Å². The Morgan fingerprint density at radius 3 is 2.50 bits per heavy atom. The monoisotopic (exact) mass is 156 g/mol. The van der Waals surface area contributed by atoms with Crippen LogP contribution in [0.5, 0.6) is 0 Å². The molecular weight excluding hydrogens is 148 g/mol. The van der Waals surface area contributed by atoms with Crippen LogP contribution in [0.15, 0.2) is 24.3 Å². The molecule has 0 amide bonds. The third kappa shape index (κ3) is 1.44. The van der Waals surface area contributed by atoms with Crippen LogP contribution in [0, 0.1) is 22.7 Å². The number of rotatable bonds is 1. The summed E-state index contributed by atoms with van der Waals surface area (Å²) in [6.45, 7) is 1.79. The lowest BCUT2D eigenvalue weighted by molar-refractivity contribution is 0.976. The average molecular weight is 156 g/mol. The Hall–Kier alpha value is -1.80. The lowest BCUT2D eigenvalue weighted by Gasteiger charge is -2.03. The zero-order chi connectivity index (χ0) is 8.97. The molecule has 0 radical (unpaired) electrons. The molecule has 0 aromatic heterocycles. The smallest absolute Gasteiger partial charge is 0.0994 e. The summed E-state index contributed by atoms with van der Waals surface area (Å²) in [5.74, 6) is -0.208. The van der Waals surface area contributed by atoms with Crippen molar-refractivity contribution in [2.24, 2.45) is 0 Å². The molecule has 0 aliphatic heterocycles. The first-order valence-electron chi connectivity index (χ1n) is 3.68. The van der Waals surface area contributed by atoms with Gasteiger partial charge in [0, 0.05) is 0 Å². The molecule has 12 heavy (non-hydrogen) atoms. The molecule has 0 bridgehead atoms. The van der Waals surface area contributed by atoms with Crippen LogP contribution in [0.2, 0.25) is 0 Å². The van der Waals surface area contributed by atoms with Gasteiger partial charge in [0.1, 0.15) is 0 Å². The quantitative estimate of drug-likeness (QED) is 0.625. The van der Waals surface area contributed by atoms with E-state index in [9.17, 15) is 0 Å². The van der Waals surface area contributed by atoms with E-state index in [0.29, 0.717) is 5.56 Å². The van der Waals surface area contributed by atoms with Crippen molar-refractivity contribution in [2.75, 3.05) is 0 Å². The normalized spacial score (nSPS) is 11.2. The Labute approximate surface area is 71.7 Å². The van der Waals surface area contributed by atoms with E-state index >= 15 is 0 Å². The standard InChI is InChI=1S/C10H8N2/c1-8(6-11)10-5-3-2-4-9(10)7-12/h2-5,8H,1H3. The molecule has 58 valence electrons. The fraction of sp³-hybridized carbons (Fsp3) is 0.200. The van der Waals surface area contributed by atoms with E-state index in [-0.39, 0.29) is 5.92 Å². The number of nitrogens with zero attached hydrogens (tertiary/aromatic N) is 2. The van der Waals surface area contributed by atoms with Crippen molar-refractivity contribution in [2.45, 2.75) is 12.8 Å². The van der Waals surface area contributed by atoms with Crippen LogP contribution in [0.4, 0.5) is 0 Å². The summed E-state index contributed by atoms with van der Waals surface area (Å²) in [5, 5.41) is 17.4. The molecular formula is C10H8N2. The third-order valence-electron chi connectivity index (χ3n) is 1.74. The second-order valence-electron chi connectivity index (χ2n) is 2.55. The van der Waals surface area contributed by atoms with Crippen LogP contribution >= 0.6 is 0 Å². The Morgan fingerprint density at radius 2 is 1.92 bits per heavy atom.